The van der Waals surface area contributed by atoms with Gasteiger partial charge in [0, 0.05) is 11.3 Å². The van der Waals surface area contributed by atoms with Gasteiger partial charge in [0.1, 0.15) is 6.54 Å². The van der Waals surface area contributed by atoms with E-state index in [0.717, 1.165) is 17.7 Å². The van der Waals surface area contributed by atoms with Crippen LogP contribution in [0.4, 0.5) is 18.9 Å². The summed E-state index contributed by atoms with van der Waals surface area (Å²) in [6.07, 6.45) is -4.70. The van der Waals surface area contributed by atoms with Gasteiger partial charge >= 0.3 is 6.18 Å². The van der Waals surface area contributed by atoms with Gasteiger partial charge in [0.25, 0.3) is 5.91 Å². The Bertz CT molecular complexity index is 1140. The van der Waals surface area contributed by atoms with E-state index in [4.69, 9.17) is 0 Å². The minimum Gasteiger partial charge on any atom is -0.324 e. The number of carbonyl (C=O) groups excluding carboxylic acids is 2. The van der Waals surface area contributed by atoms with E-state index in [1.54, 1.807) is 30.3 Å². The number of hydrogen-bond acceptors (Lipinski definition) is 2. The van der Waals surface area contributed by atoms with Crippen LogP contribution in [-0.2, 0) is 11.0 Å². The van der Waals surface area contributed by atoms with E-state index in [2.05, 4.69) is 5.32 Å². The molecule has 0 unspecified atom stereocenters. The van der Waals surface area contributed by atoms with Crippen molar-refractivity contribution in [2.75, 3.05) is 11.9 Å². The summed E-state index contributed by atoms with van der Waals surface area (Å²) in [7, 11) is 0. The van der Waals surface area contributed by atoms with Gasteiger partial charge in [-0.05, 0) is 30.7 Å². The molecule has 0 saturated carbocycles. The first-order valence-corrected chi connectivity index (χ1v) is 9.68. The molecule has 0 aliphatic carbocycles. The van der Waals surface area contributed by atoms with E-state index in [1.807, 2.05) is 25.1 Å². The second-order valence-electron chi connectivity index (χ2n) is 7.43. The van der Waals surface area contributed by atoms with Crippen LogP contribution in [0.2, 0.25) is 0 Å². The fourth-order valence-corrected chi connectivity index (χ4v) is 3.88. The van der Waals surface area contributed by atoms with Gasteiger partial charge < -0.3 is 10.2 Å². The van der Waals surface area contributed by atoms with E-state index < -0.39 is 35.2 Å². The molecule has 2 amide bonds. The number of anilines is 1. The summed E-state index contributed by atoms with van der Waals surface area (Å²) in [4.78, 5) is 27.3. The molecule has 31 heavy (non-hydrogen) atoms. The average molecular weight is 424 g/mol. The minimum absolute atomic E-state index is 0.377. The zero-order chi connectivity index (χ0) is 22.2. The number of amides is 2. The highest BCUT2D eigenvalue weighted by molar-refractivity contribution is 6.02. The number of nitrogens with zero attached hydrogens (tertiary/aromatic N) is 1. The van der Waals surface area contributed by atoms with E-state index in [9.17, 15) is 22.8 Å². The minimum atomic E-state index is -4.70. The quantitative estimate of drug-likeness (QED) is 0.615. The molecular weight excluding hydrogens is 405 g/mol. The first kappa shape index (κ1) is 20.7. The summed E-state index contributed by atoms with van der Waals surface area (Å²) in [5.41, 5.74) is 1.27. The Hall–Kier alpha value is -3.61. The van der Waals surface area contributed by atoms with Gasteiger partial charge in [-0.1, -0.05) is 60.2 Å². The molecular formula is C24H19F3N2O2. The molecule has 1 N–H and O–H groups in total. The summed E-state index contributed by atoms with van der Waals surface area (Å²) in [6, 6.07) is 18.3. The third kappa shape index (κ3) is 4.03. The van der Waals surface area contributed by atoms with Crippen LogP contribution in [0.5, 0.6) is 0 Å². The Labute approximate surface area is 177 Å². The van der Waals surface area contributed by atoms with Crippen molar-refractivity contribution in [2.24, 2.45) is 0 Å². The molecule has 3 aromatic carbocycles. The second kappa shape index (κ2) is 7.91. The fourth-order valence-electron chi connectivity index (χ4n) is 3.88. The molecule has 0 bridgehead atoms. The van der Waals surface area contributed by atoms with Gasteiger partial charge in [-0.2, -0.15) is 13.2 Å². The third-order valence-electron chi connectivity index (χ3n) is 5.24. The molecule has 1 aliphatic heterocycles. The Kier molecular flexibility index (Phi) is 5.27. The second-order valence-corrected chi connectivity index (χ2v) is 7.43. The first-order chi connectivity index (χ1) is 14.8. The highest BCUT2D eigenvalue weighted by Gasteiger charge is 2.39. The Balaban J connectivity index is 1.91. The van der Waals surface area contributed by atoms with Crippen LogP contribution in [0.15, 0.2) is 72.8 Å². The molecule has 1 atom stereocenters. The van der Waals surface area contributed by atoms with Crippen LogP contribution in [-0.4, -0.2) is 23.3 Å². The first-order valence-electron chi connectivity index (χ1n) is 9.68. The fraction of sp³-hybridized carbons (Fsp3) is 0.167. The Morgan fingerprint density at radius 1 is 1.00 bits per heavy atom. The van der Waals surface area contributed by atoms with Crippen LogP contribution < -0.4 is 5.32 Å². The lowest BCUT2D eigenvalue weighted by molar-refractivity contribution is -0.138. The van der Waals surface area contributed by atoms with Crippen molar-refractivity contribution in [3.05, 3.63) is 101 Å². The Morgan fingerprint density at radius 2 is 1.68 bits per heavy atom. The monoisotopic (exact) mass is 424 g/mol. The number of carbonyl (C=O) groups is 2. The highest BCUT2D eigenvalue weighted by Crippen LogP contribution is 2.39. The molecule has 0 radical (unpaired) electrons. The molecule has 1 aliphatic rings. The van der Waals surface area contributed by atoms with Gasteiger partial charge in [-0.3, -0.25) is 9.59 Å². The number of aryl methyl sites for hydroxylation is 1. The lowest BCUT2D eigenvalue weighted by Crippen LogP contribution is -2.39. The zero-order valence-corrected chi connectivity index (χ0v) is 16.6. The summed E-state index contributed by atoms with van der Waals surface area (Å²) < 4.78 is 40.8. The van der Waals surface area contributed by atoms with E-state index in [0.29, 0.717) is 16.8 Å². The van der Waals surface area contributed by atoms with Crippen LogP contribution in [0.25, 0.3) is 0 Å². The lowest BCUT2D eigenvalue weighted by Gasteiger charge is -2.31. The number of rotatable bonds is 2. The van der Waals surface area contributed by atoms with Crippen molar-refractivity contribution < 1.29 is 22.8 Å². The topological polar surface area (TPSA) is 49.4 Å². The molecule has 0 fully saturated rings. The molecule has 0 aromatic heterocycles. The van der Waals surface area contributed by atoms with E-state index in [-0.39, 0.29) is 6.54 Å². The summed E-state index contributed by atoms with van der Waals surface area (Å²) in [6.45, 7) is 1.50. The van der Waals surface area contributed by atoms with E-state index >= 15 is 0 Å². The molecule has 1 heterocycles. The lowest BCUT2D eigenvalue weighted by atomic mass is 9.93. The number of nitrogens with one attached hydrogen (secondary N) is 1. The Morgan fingerprint density at radius 3 is 2.39 bits per heavy atom. The summed E-state index contributed by atoms with van der Waals surface area (Å²) in [5.74, 6) is -1.33. The highest BCUT2D eigenvalue weighted by atomic mass is 19.4. The SMILES string of the molecule is Cc1ccc2c(c1)[C@@H](c1ccccc1)N(C(=O)c1ccccc1C(F)(F)F)CC(=O)N2. The third-order valence-corrected chi connectivity index (χ3v) is 5.24. The van der Waals surface area contributed by atoms with Crippen molar-refractivity contribution >= 4 is 17.5 Å². The van der Waals surface area contributed by atoms with E-state index in [1.165, 1.54) is 17.0 Å². The summed E-state index contributed by atoms with van der Waals surface area (Å²) >= 11 is 0. The maximum atomic E-state index is 13.6. The molecule has 3 aromatic rings. The van der Waals surface area contributed by atoms with Crippen molar-refractivity contribution in [1.29, 1.82) is 0 Å². The number of hydrogen-bond donors (Lipinski definition) is 1. The molecule has 0 spiro atoms. The van der Waals surface area contributed by atoms with Gasteiger partial charge in [0.05, 0.1) is 17.2 Å². The van der Waals surface area contributed by atoms with Crippen LogP contribution in [0.1, 0.15) is 38.7 Å². The number of benzene rings is 3. The largest absolute Gasteiger partial charge is 0.417 e. The normalized spacial score (nSPS) is 16.3. The van der Waals surface area contributed by atoms with Crippen LogP contribution in [0, 0.1) is 6.92 Å². The number of halogens is 3. The molecule has 7 heteroatoms. The molecule has 4 rings (SSSR count). The van der Waals surface area contributed by atoms with Crippen molar-refractivity contribution in [1.82, 2.24) is 4.90 Å². The van der Waals surface area contributed by atoms with Crippen molar-refractivity contribution in [3.8, 4) is 0 Å². The number of fused-ring (bicyclic) bond motifs is 1. The van der Waals surface area contributed by atoms with Gasteiger partial charge in [-0.15, -0.1) is 0 Å². The van der Waals surface area contributed by atoms with Gasteiger partial charge in [0.2, 0.25) is 5.91 Å². The predicted octanol–water partition coefficient (Wildman–Crippen LogP) is 5.20. The van der Waals surface area contributed by atoms with Gasteiger partial charge in [0.15, 0.2) is 0 Å². The van der Waals surface area contributed by atoms with Crippen LogP contribution in [0.3, 0.4) is 0 Å². The maximum absolute atomic E-state index is 13.6. The maximum Gasteiger partial charge on any atom is 0.417 e. The summed E-state index contributed by atoms with van der Waals surface area (Å²) in [5, 5.41) is 2.78. The molecule has 4 nitrogen and oxygen atoms in total. The predicted molar refractivity (Wildman–Crippen MR) is 111 cm³/mol. The zero-order valence-electron chi connectivity index (χ0n) is 16.6. The number of alkyl halides is 3. The van der Waals surface area contributed by atoms with Gasteiger partial charge in [-0.25, -0.2) is 0 Å². The molecule has 158 valence electrons. The van der Waals surface area contributed by atoms with Crippen molar-refractivity contribution in [3.63, 3.8) is 0 Å². The van der Waals surface area contributed by atoms with Crippen molar-refractivity contribution in [2.45, 2.75) is 19.1 Å². The smallest absolute Gasteiger partial charge is 0.324 e. The average Bonchev–Trinajstić information content (AvgIpc) is 2.89. The molecule has 0 saturated heterocycles. The standard InChI is InChI=1S/C24H19F3N2O2/c1-15-11-12-20-18(13-15)22(16-7-3-2-4-8-16)29(14-21(30)28-20)23(31)17-9-5-6-10-19(17)24(25,26)27/h2-13,22H,14H2,1H3,(H,28,30)/t22-/m1/s1. The van der Waals surface area contributed by atoms with Crippen LogP contribution >= 0.6 is 0 Å².